The minimum absolute atomic E-state index is 0.476. The van der Waals surface area contributed by atoms with Crippen molar-refractivity contribution in [1.29, 1.82) is 0 Å². The molecule has 0 fully saturated rings. The molecular formula is C5H10N2S. The molecular weight excluding hydrogens is 120 g/mol. The first kappa shape index (κ1) is 7.43. The van der Waals surface area contributed by atoms with Crippen molar-refractivity contribution in [2.45, 2.75) is 6.92 Å². The molecule has 0 amide bonds. The lowest BCUT2D eigenvalue weighted by atomic mass is 10.3. The van der Waals surface area contributed by atoms with Crippen LogP contribution in [-0.2, 0) is 0 Å². The monoisotopic (exact) mass is 130 g/mol. The number of rotatable bonds is 1. The Balaban J connectivity index is 3.89. The lowest BCUT2D eigenvalue weighted by Gasteiger charge is -1.88. The van der Waals surface area contributed by atoms with Crippen molar-refractivity contribution < 1.29 is 0 Å². The van der Waals surface area contributed by atoms with Gasteiger partial charge in [0.25, 0.3) is 0 Å². The van der Waals surface area contributed by atoms with E-state index in [4.69, 9.17) is 11.5 Å². The molecule has 0 unspecified atom stereocenters. The predicted octanol–water partition coefficient (Wildman–Crippen LogP) is 0.579. The van der Waals surface area contributed by atoms with Gasteiger partial charge in [-0.1, -0.05) is 0 Å². The Hall–Kier alpha value is -0.570. The van der Waals surface area contributed by atoms with Crippen LogP contribution in [0, 0.1) is 0 Å². The average molecular weight is 130 g/mol. The summed E-state index contributed by atoms with van der Waals surface area (Å²) >= 11 is 3.83. The van der Waals surface area contributed by atoms with Crippen LogP contribution in [0.1, 0.15) is 6.92 Å². The van der Waals surface area contributed by atoms with Crippen LogP contribution < -0.4 is 11.5 Å². The lowest BCUT2D eigenvalue weighted by Crippen LogP contribution is -1.88. The maximum Gasteiger partial charge on any atom is 0.0627 e. The summed E-state index contributed by atoms with van der Waals surface area (Å²) in [6, 6.07) is 0. The second kappa shape index (κ2) is 3.43. The standard InChI is InChI=1S/C5H10N2S/c1-4(3-6)2-5(7)8/h2-3,8H,6-7H2,1H3/b4-3-,5-2+. The van der Waals surface area contributed by atoms with Crippen LogP contribution in [0.2, 0.25) is 0 Å². The zero-order chi connectivity index (χ0) is 6.57. The fourth-order valence-corrected chi connectivity index (χ4v) is 0.485. The van der Waals surface area contributed by atoms with Gasteiger partial charge in [0, 0.05) is 0 Å². The van der Waals surface area contributed by atoms with Crippen LogP contribution in [0.15, 0.2) is 22.9 Å². The Morgan fingerprint density at radius 1 is 1.62 bits per heavy atom. The van der Waals surface area contributed by atoms with Crippen LogP contribution in [0.5, 0.6) is 0 Å². The number of hydrogen-bond donors (Lipinski definition) is 3. The van der Waals surface area contributed by atoms with Crippen LogP contribution in [0.3, 0.4) is 0 Å². The summed E-state index contributed by atoms with van der Waals surface area (Å²) in [6.07, 6.45) is 3.16. The molecule has 0 heterocycles. The zero-order valence-electron chi connectivity index (χ0n) is 4.76. The third kappa shape index (κ3) is 3.61. The Bertz CT molecular complexity index is 122. The van der Waals surface area contributed by atoms with E-state index >= 15 is 0 Å². The van der Waals surface area contributed by atoms with E-state index in [-0.39, 0.29) is 0 Å². The minimum Gasteiger partial charge on any atom is -0.404 e. The topological polar surface area (TPSA) is 52.0 Å². The lowest BCUT2D eigenvalue weighted by molar-refractivity contribution is 1.40. The number of nitrogens with two attached hydrogens (primary N) is 2. The summed E-state index contributed by atoms with van der Waals surface area (Å²) in [5.41, 5.74) is 11.2. The Morgan fingerprint density at radius 2 is 2.12 bits per heavy atom. The molecule has 0 saturated heterocycles. The van der Waals surface area contributed by atoms with Gasteiger partial charge < -0.3 is 11.5 Å². The van der Waals surface area contributed by atoms with Crippen molar-refractivity contribution in [2.24, 2.45) is 11.5 Å². The Kier molecular flexibility index (Phi) is 3.19. The second-order valence-electron chi connectivity index (χ2n) is 1.48. The number of hydrogen-bond acceptors (Lipinski definition) is 3. The van der Waals surface area contributed by atoms with Crippen LogP contribution >= 0.6 is 12.6 Å². The van der Waals surface area contributed by atoms with Gasteiger partial charge in [-0.2, -0.15) is 0 Å². The molecule has 0 aliphatic rings. The van der Waals surface area contributed by atoms with Crippen molar-refractivity contribution >= 4 is 12.6 Å². The highest BCUT2D eigenvalue weighted by Crippen LogP contribution is 1.96. The van der Waals surface area contributed by atoms with Gasteiger partial charge in [0.05, 0.1) is 5.03 Å². The zero-order valence-corrected chi connectivity index (χ0v) is 5.65. The van der Waals surface area contributed by atoms with Crippen molar-refractivity contribution in [3.63, 3.8) is 0 Å². The van der Waals surface area contributed by atoms with E-state index in [1.807, 2.05) is 6.92 Å². The van der Waals surface area contributed by atoms with Gasteiger partial charge in [-0.05, 0) is 24.8 Å². The maximum atomic E-state index is 5.20. The fraction of sp³-hybridized carbons (Fsp3) is 0.200. The van der Waals surface area contributed by atoms with Crippen LogP contribution in [0.25, 0.3) is 0 Å². The highest BCUT2D eigenvalue weighted by Gasteiger charge is 1.78. The predicted molar refractivity (Wildman–Crippen MR) is 39.2 cm³/mol. The van der Waals surface area contributed by atoms with Crippen molar-refractivity contribution in [2.75, 3.05) is 0 Å². The SMILES string of the molecule is CC(=C/N)/C=C(\N)S. The third-order valence-electron chi connectivity index (χ3n) is 0.638. The molecule has 0 radical (unpaired) electrons. The molecule has 0 aromatic rings. The Labute approximate surface area is 54.7 Å². The molecule has 0 saturated carbocycles. The molecule has 0 spiro atoms. The van der Waals surface area contributed by atoms with Gasteiger partial charge in [0.15, 0.2) is 0 Å². The van der Waals surface area contributed by atoms with E-state index in [1.165, 1.54) is 6.20 Å². The summed E-state index contributed by atoms with van der Waals surface area (Å²) < 4.78 is 0. The second-order valence-corrected chi connectivity index (χ2v) is 2.00. The van der Waals surface area contributed by atoms with Crippen LogP contribution in [0.4, 0.5) is 0 Å². The highest BCUT2D eigenvalue weighted by molar-refractivity contribution is 7.84. The largest absolute Gasteiger partial charge is 0.404 e. The summed E-state index contributed by atoms with van der Waals surface area (Å²) in [5, 5.41) is 0.476. The average Bonchev–Trinajstić information content (AvgIpc) is 1.65. The first-order valence-corrected chi connectivity index (χ1v) is 2.66. The molecule has 0 atom stereocenters. The quantitative estimate of drug-likeness (QED) is 0.359. The summed E-state index contributed by atoms with van der Waals surface area (Å²) in [7, 11) is 0. The molecule has 46 valence electrons. The summed E-state index contributed by atoms with van der Waals surface area (Å²) in [4.78, 5) is 0. The fourth-order valence-electron chi connectivity index (χ4n) is 0.281. The molecule has 0 aromatic heterocycles. The van der Waals surface area contributed by atoms with Gasteiger partial charge in [-0.25, -0.2) is 0 Å². The summed E-state index contributed by atoms with van der Waals surface area (Å²) in [5.74, 6) is 0. The molecule has 4 N–H and O–H groups in total. The summed E-state index contributed by atoms with van der Waals surface area (Å²) in [6.45, 7) is 1.85. The minimum atomic E-state index is 0.476. The van der Waals surface area contributed by atoms with Gasteiger partial charge >= 0.3 is 0 Å². The smallest absolute Gasteiger partial charge is 0.0627 e. The first-order chi connectivity index (χ1) is 3.66. The first-order valence-electron chi connectivity index (χ1n) is 2.21. The normalized spacial score (nSPS) is 14.2. The van der Waals surface area contributed by atoms with Gasteiger partial charge in [-0.3, -0.25) is 0 Å². The third-order valence-corrected chi connectivity index (χ3v) is 0.768. The van der Waals surface area contributed by atoms with E-state index in [2.05, 4.69) is 12.6 Å². The van der Waals surface area contributed by atoms with Crippen molar-refractivity contribution in [3.8, 4) is 0 Å². The van der Waals surface area contributed by atoms with Gasteiger partial charge in [-0.15, -0.1) is 12.6 Å². The van der Waals surface area contributed by atoms with Gasteiger partial charge in [0.2, 0.25) is 0 Å². The van der Waals surface area contributed by atoms with Gasteiger partial charge in [0.1, 0.15) is 0 Å². The van der Waals surface area contributed by atoms with E-state index in [9.17, 15) is 0 Å². The van der Waals surface area contributed by atoms with E-state index in [0.717, 1.165) is 5.57 Å². The van der Waals surface area contributed by atoms with E-state index in [0.29, 0.717) is 5.03 Å². The molecule has 2 nitrogen and oxygen atoms in total. The molecule has 0 rings (SSSR count). The van der Waals surface area contributed by atoms with E-state index < -0.39 is 0 Å². The van der Waals surface area contributed by atoms with Crippen molar-refractivity contribution in [1.82, 2.24) is 0 Å². The van der Waals surface area contributed by atoms with E-state index in [1.54, 1.807) is 6.08 Å². The number of allylic oxidation sites excluding steroid dienone is 2. The molecule has 0 aliphatic carbocycles. The molecule has 0 bridgehead atoms. The van der Waals surface area contributed by atoms with Crippen molar-refractivity contribution in [3.05, 3.63) is 22.9 Å². The maximum absolute atomic E-state index is 5.20. The molecule has 0 aromatic carbocycles. The number of thiol groups is 1. The molecule has 3 heteroatoms. The molecule has 8 heavy (non-hydrogen) atoms. The Morgan fingerprint density at radius 3 is 2.25 bits per heavy atom. The molecule has 0 aliphatic heterocycles. The van der Waals surface area contributed by atoms with Crippen LogP contribution in [-0.4, -0.2) is 0 Å². The highest BCUT2D eigenvalue weighted by atomic mass is 32.1.